The Bertz CT molecular complexity index is 1410. The third-order valence-electron chi connectivity index (χ3n) is 5.71. The van der Waals surface area contributed by atoms with Gasteiger partial charge in [0.2, 0.25) is 11.8 Å². The van der Waals surface area contributed by atoms with Crippen LogP contribution in [0.2, 0.25) is 0 Å². The highest BCUT2D eigenvalue weighted by atomic mass is 32.2. The number of nitrogens with one attached hydrogen (secondary N) is 2. The number of hydrogen-bond acceptors (Lipinski definition) is 7. The minimum Gasteiger partial charge on any atom is -0.467 e. The summed E-state index contributed by atoms with van der Waals surface area (Å²) in [5.41, 5.74) is 1.40. The van der Waals surface area contributed by atoms with Gasteiger partial charge < -0.3 is 15.1 Å². The number of carbonyl (C=O) groups is 3. The van der Waals surface area contributed by atoms with E-state index in [1.54, 1.807) is 24.3 Å². The van der Waals surface area contributed by atoms with Gasteiger partial charge in [0.1, 0.15) is 23.5 Å². The van der Waals surface area contributed by atoms with Crippen molar-refractivity contribution in [1.82, 2.24) is 10.2 Å². The Hall–Kier alpha value is -4.25. The number of nitrogens with zero attached hydrogens (tertiary/aromatic N) is 3. The lowest BCUT2D eigenvalue weighted by molar-refractivity contribution is -0.125. The normalized spacial score (nSPS) is 16.0. The zero-order valence-corrected chi connectivity index (χ0v) is 20.3. The van der Waals surface area contributed by atoms with Gasteiger partial charge in [-0.1, -0.05) is 36.0 Å². The summed E-state index contributed by atoms with van der Waals surface area (Å²) >= 11 is 1.06. The first kappa shape index (κ1) is 24.4. The van der Waals surface area contributed by atoms with Crippen molar-refractivity contribution in [3.8, 4) is 0 Å². The van der Waals surface area contributed by atoms with Crippen LogP contribution in [0.3, 0.4) is 0 Å². The van der Waals surface area contributed by atoms with E-state index in [9.17, 15) is 18.8 Å². The quantitative estimate of drug-likeness (QED) is 0.469. The molecule has 0 spiro atoms. The second kappa shape index (κ2) is 10.8. The van der Waals surface area contributed by atoms with E-state index >= 15 is 0 Å². The number of thioether (sulfide) groups is 1. The molecule has 0 bridgehead atoms. The van der Waals surface area contributed by atoms with Crippen molar-refractivity contribution in [3.63, 3.8) is 0 Å². The number of fused-ring (bicyclic) bond motifs is 3. The lowest BCUT2D eigenvalue weighted by atomic mass is 10.1. The molecule has 2 aliphatic heterocycles. The minimum atomic E-state index is -0.756. The smallest absolute Gasteiger partial charge is 0.259 e. The Morgan fingerprint density at radius 3 is 2.68 bits per heavy atom. The van der Waals surface area contributed by atoms with E-state index in [-0.39, 0.29) is 42.6 Å². The van der Waals surface area contributed by atoms with Crippen molar-refractivity contribution in [2.75, 3.05) is 11.1 Å². The lowest BCUT2D eigenvalue weighted by Crippen LogP contribution is -2.41. The molecular formula is C26H22FN5O4S. The van der Waals surface area contributed by atoms with Gasteiger partial charge in [-0.15, -0.1) is 0 Å². The monoisotopic (exact) mass is 519 g/mol. The Balaban J connectivity index is 1.26. The maximum Gasteiger partial charge on any atom is 0.259 e. The van der Waals surface area contributed by atoms with E-state index in [1.165, 1.54) is 29.4 Å². The highest BCUT2D eigenvalue weighted by molar-refractivity contribution is 8.14. The molecule has 0 saturated heterocycles. The second-order valence-electron chi connectivity index (χ2n) is 8.27. The third kappa shape index (κ3) is 5.46. The molecule has 37 heavy (non-hydrogen) atoms. The van der Waals surface area contributed by atoms with Gasteiger partial charge in [-0.25, -0.2) is 14.3 Å². The summed E-state index contributed by atoms with van der Waals surface area (Å²) in [6.45, 7) is 0.265. The summed E-state index contributed by atoms with van der Waals surface area (Å²) in [6.07, 6.45) is 1.86. The average molecular weight is 520 g/mol. The highest BCUT2D eigenvalue weighted by Gasteiger charge is 2.41. The van der Waals surface area contributed by atoms with Crippen molar-refractivity contribution in [1.29, 1.82) is 0 Å². The predicted octanol–water partition coefficient (Wildman–Crippen LogP) is 3.85. The molecule has 3 heterocycles. The number of amidine groups is 2. The van der Waals surface area contributed by atoms with Crippen LogP contribution < -0.4 is 10.6 Å². The molecule has 9 nitrogen and oxygen atoms in total. The number of amides is 3. The van der Waals surface area contributed by atoms with E-state index < -0.39 is 17.8 Å². The van der Waals surface area contributed by atoms with Crippen LogP contribution in [0.25, 0.3) is 0 Å². The van der Waals surface area contributed by atoms with E-state index in [4.69, 9.17) is 4.42 Å². The van der Waals surface area contributed by atoms with Gasteiger partial charge in [-0.05, 0) is 42.8 Å². The maximum absolute atomic E-state index is 13.9. The average Bonchev–Trinajstić information content (AvgIpc) is 3.54. The number of carbonyl (C=O) groups excluding carboxylic acids is 3. The number of benzene rings is 2. The maximum atomic E-state index is 13.9. The topological polar surface area (TPSA) is 116 Å². The van der Waals surface area contributed by atoms with E-state index in [2.05, 4.69) is 20.6 Å². The largest absolute Gasteiger partial charge is 0.467 e. The zero-order chi connectivity index (χ0) is 25.8. The zero-order valence-electron chi connectivity index (χ0n) is 19.5. The summed E-state index contributed by atoms with van der Waals surface area (Å²) in [7, 11) is 0. The van der Waals surface area contributed by atoms with Crippen LogP contribution >= 0.6 is 11.8 Å². The molecule has 3 amide bonds. The third-order valence-corrected chi connectivity index (χ3v) is 6.65. The van der Waals surface area contributed by atoms with Crippen molar-refractivity contribution >= 4 is 51.9 Å². The SMILES string of the molecule is O=C(CCC1N=C2c3ccccc3N=C(SCC(=O)Nc3ccccc3F)N2C1=O)NCc1ccco1. The molecule has 188 valence electrons. The Labute approximate surface area is 215 Å². The first-order valence-electron chi connectivity index (χ1n) is 11.6. The number of halogens is 1. The first-order valence-corrected chi connectivity index (χ1v) is 12.5. The van der Waals surface area contributed by atoms with E-state index in [0.717, 1.165) is 11.8 Å². The van der Waals surface area contributed by atoms with Gasteiger partial charge >= 0.3 is 0 Å². The van der Waals surface area contributed by atoms with Crippen LogP contribution in [0.5, 0.6) is 0 Å². The molecule has 3 aromatic rings. The molecule has 2 aromatic carbocycles. The number of rotatable bonds is 8. The van der Waals surface area contributed by atoms with Crippen molar-refractivity contribution < 1.29 is 23.2 Å². The summed E-state index contributed by atoms with van der Waals surface area (Å²) in [4.78, 5) is 48.7. The van der Waals surface area contributed by atoms with Crippen LogP contribution in [0.1, 0.15) is 24.2 Å². The molecule has 1 unspecified atom stereocenters. The standard InChI is InChI=1S/C26H22FN5O4S/c27-18-8-2-4-10-20(18)29-23(34)15-37-26-31-19-9-3-1-7-17(19)24-30-21(25(35)32(24)26)11-12-22(33)28-14-16-6-5-13-36-16/h1-10,13,21H,11-12,14-15H2,(H,28,33)(H,29,34). The van der Waals surface area contributed by atoms with Crippen LogP contribution in [-0.2, 0) is 20.9 Å². The van der Waals surface area contributed by atoms with E-state index in [0.29, 0.717) is 28.0 Å². The molecular weight excluding hydrogens is 497 g/mol. The number of aliphatic imine (C=N–C) groups is 2. The summed E-state index contributed by atoms with van der Waals surface area (Å²) < 4.78 is 19.1. The van der Waals surface area contributed by atoms with Crippen molar-refractivity contribution in [2.24, 2.45) is 9.98 Å². The van der Waals surface area contributed by atoms with Crippen LogP contribution in [-0.4, -0.2) is 45.4 Å². The van der Waals surface area contributed by atoms with Gasteiger partial charge in [0.15, 0.2) is 5.17 Å². The molecule has 1 atom stereocenters. The lowest BCUT2D eigenvalue weighted by Gasteiger charge is -2.25. The molecule has 0 aliphatic carbocycles. The summed E-state index contributed by atoms with van der Waals surface area (Å²) in [5.74, 6) is -0.528. The highest BCUT2D eigenvalue weighted by Crippen LogP contribution is 2.34. The first-order chi connectivity index (χ1) is 18.0. The molecule has 11 heteroatoms. The van der Waals surface area contributed by atoms with Gasteiger partial charge in [0.05, 0.1) is 29.9 Å². The number of para-hydroxylation sites is 2. The minimum absolute atomic E-state index is 0.0777. The van der Waals surface area contributed by atoms with Crippen LogP contribution in [0.15, 0.2) is 81.3 Å². The molecule has 0 fully saturated rings. The summed E-state index contributed by atoms with van der Waals surface area (Å²) in [5, 5.41) is 5.59. The summed E-state index contributed by atoms with van der Waals surface area (Å²) in [6, 6.07) is 15.9. The number of anilines is 1. The fourth-order valence-electron chi connectivity index (χ4n) is 3.92. The van der Waals surface area contributed by atoms with Gasteiger partial charge in [-0.2, -0.15) is 0 Å². The Morgan fingerprint density at radius 1 is 1.05 bits per heavy atom. The van der Waals surface area contributed by atoms with Crippen molar-refractivity contribution in [2.45, 2.75) is 25.4 Å². The molecule has 5 rings (SSSR count). The van der Waals surface area contributed by atoms with Gasteiger partial charge in [0, 0.05) is 12.0 Å². The predicted molar refractivity (Wildman–Crippen MR) is 138 cm³/mol. The second-order valence-corrected chi connectivity index (χ2v) is 9.21. The van der Waals surface area contributed by atoms with Crippen LogP contribution in [0.4, 0.5) is 15.8 Å². The van der Waals surface area contributed by atoms with E-state index in [1.807, 2.05) is 18.2 Å². The van der Waals surface area contributed by atoms with Crippen LogP contribution in [0, 0.1) is 5.82 Å². The number of furan rings is 1. The van der Waals surface area contributed by atoms with Crippen molar-refractivity contribution in [3.05, 3.63) is 84.1 Å². The fraction of sp³-hybridized carbons (Fsp3) is 0.192. The Morgan fingerprint density at radius 2 is 1.86 bits per heavy atom. The molecule has 1 aromatic heterocycles. The molecule has 2 aliphatic rings. The molecule has 2 N–H and O–H groups in total. The Kier molecular flexibility index (Phi) is 7.13. The number of hydrogen-bond donors (Lipinski definition) is 2. The molecule has 0 saturated carbocycles. The van der Waals surface area contributed by atoms with Gasteiger partial charge in [-0.3, -0.25) is 19.4 Å². The molecule has 0 radical (unpaired) electrons. The fourth-order valence-corrected chi connectivity index (χ4v) is 4.72. The van der Waals surface area contributed by atoms with Gasteiger partial charge in [0.25, 0.3) is 5.91 Å².